The molecule has 1 atom stereocenters. The van der Waals surface area contributed by atoms with Crippen LogP contribution in [-0.2, 0) is 6.54 Å². The number of carboxylic acids is 1. The monoisotopic (exact) mass is 181 g/mol. The molecule has 1 aromatic rings. The quantitative estimate of drug-likeness (QED) is 0.651. The molecule has 1 aliphatic heterocycles. The maximum Gasteiger partial charge on any atom is 0.339 e. The summed E-state index contributed by atoms with van der Waals surface area (Å²) < 4.78 is 1.75. The molecule has 0 aromatic carbocycles. The highest BCUT2D eigenvalue weighted by atomic mass is 16.4. The molecule has 0 bridgehead atoms. The number of hydrogen-bond acceptors (Lipinski definition) is 3. The molecule has 70 valence electrons. The van der Waals surface area contributed by atoms with Crippen LogP contribution in [-0.4, -0.2) is 27.4 Å². The maximum absolute atomic E-state index is 10.8. The number of fused-ring (bicyclic) bond motifs is 1. The lowest BCUT2D eigenvalue weighted by Gasteiger charge is -2.22. The van der Waals surface area contributed by atoms with Crippen LogP contribution in [0.5, 0.6) is 0 Å². The summed E-state index contributed by atoms with van der Waals surface area (Å²) in [6.07, 6.45) is 1.42. The summed E-state index contributed by atoms with van der Waals surface area (Å²) in [7, 11) is 0. The topological polar surface area (TPSA) is 67.2 Å². The fourth-order valence-electron chi connectivity index (χ4n) is 1.68. The number of rotatable bonds is 1. The van der Waals surface area contributed by atoms with E-state index in [-0.39, 0.29) is 6.04 Å². The third-order valence-corrected chi connectivity index (χ3v) is 2.29. The van der Waals surface area contributed by atoms with E-state index in [1.807, 2.05) is 6.92 Å². The lowest BCUT2D eigenvalue weighted by Crippen LogP contribution is -2.32. The molecule has 0 aliphatic carbocycles. The number of nitrogens with zero attached hydrogens (tertiary/aromatic N) is 2. The molecule has 5 heteroatoms. The van der Waals surface area contributed by atoms with Crippen LogP contribution in [0, 0.1) is 0 Å². The van der Waals surface area contributed by atoms with E-state index >= 15 is 0 Å². The van der Waals surface area contributed by atoms with Gasteiger partial charge in [0.2, 0.25) is 0 Å². The molecule has 0 fully saturated rings. The first kappa shape index (κ1) is 8.25. The van der Waals surface area contributed by atoms with Crippen molar-refractivity contribution < 1.29 is 9.90 Å². The van der Waals surface area contributed by atoms with Gasteiger partial charge in [-0.2, -0.15) is 5.10 Å². The van der Waals surface area contributed by atoms with Crippen LogP contribution in [0.4, 0.5) is 0 Å². The highest BCUT2D eigenvalue weighted by molar-refractivity contribution is 5.88. The Hall–Kier alpha value is -1.36. The predicted molar refractivity (Wildman–Crippen MR) is 45.6 cm³/mol. The molecule has 0 saturated carbocycles. The van der Waals surface area contributed by atoms with E-state index in [9.17, 15) is 4.79 Å². The Balaban J connectivity index is 2.50. The van der Waals surface area contributed by atoms with Crippen LogP contribution in [0.2, 0.25) is 0 Å². The zero-order chi connectivity index (χ0) is 9.42. The fraction of sp³-hybridized carbons (Fsp3) is 0.500. The smallest absolute Gasteiger partial charge is 0.339 e. The van der Waals surface area contributed by atoms with Crippen molar-refractivity contribution >= 4 is 5.97 Å². The van der Waals surface area contributed by atoms with Crippen LogP contribution < -0.4 is 5.32 Å². The van der Waals surface area contributed by atoms with Gasteiger partial charge in [0.1, 0.15) is 5.56 Å². The standard InChI is InChI=1S/C8H11N3O2/c1-5-7-6(8(12)13)4-10-11(7)3-2-9-5/h4-5,9H,2-3H2,1H3,(H,12,13). The molecule has 2 N–H and O–H groups in total. The van der Waals surface area contributed by atoms with Gasteiger partial charge in [0.25, 0.3) is 0 Å². The third kappa shape index (κ3) is 1.21. The zero-order valence-corrected chi connectivity index (χ0v) is 7.32. The molecule has 1 aromatic heterocycles. The van der Waals surface area contributed by atoms with Crippen LogP contribution >= 0.6 is 0 Å². The Kier molecular flexibility index (Phi) is 1.81. The highest BCUT2D eigenvalue weighted by Crippen LogP contribution is 2.20. The Morgan fingerprint density at radius 1 is 1.85 bits per heavy atom. The van der Waals surface area contributed by atoms with E-state index in [1.54, 1.807) is 4.68 Å². The number of aromatic carboxylic acids is 1. The van der Waals surface area contributed by atoms with Gasteiger partial charge in [0.15, 0.2) is 0 Å². The molecule has 1 unspecified atom stereocenters. The Morgan fingerprint density at radius 2 is 2.62 bits per heavy atom. The Bertz CT molecular complexity index is 345. The molecule has 0 amide bonds. The number of carboxylic acid groups (broad SMARTS) is 1. The maximum atomic E-state index is 10.8. The van der Waals surface area contributed by atoms with E-state index in [1.165, 1.54) is 6.20 Å². The van der Waals surface area contributed by atoms with Crippen molar-refractivity contribution in [3.05, 3.63) is 17.5 Å². The van der Waals surface area contributed by atoms with Crippen molar-refractivity contribution in [3.63, 3.8) is 0 Å². The SMILES string of the molecule is CC1NCCn2ncc(C(=O)O)c21. The first-order chi connectivity index (χ1) is 6.20. The Labute approximate surface area is 75.4 Å². The van der Waals surface area contributed by atoms with E-state index in [2.05, 4.69) is 10.4 Å². The average molecular weight is 181 g/mol. The number of aromatic nitrogens is 2. The van der Waals surface area contributed by atoms with Crippen LogP contribution in [0.1, 0.15) is 29.0 Å². The van der Waals surface area contributed by atoms with Crippen molar-refractivity contribution in [2.75, 3.05) is 6.54 Å². The van der Waals surface area contributed by atoms with Gasteiger partial charge >= 0.3 is 5.97 Å². The summed E-state index contributed by atoms with van der Waals surface area (Å²) in [4.78, 5) is 10.8. The molecule has 2 rings (SSSR count). The molecule has 0 saturated heterocycles. The molecule has 0 radical (unpaired) electrons. The van der Waals surface area contributed by atoms with E-state index < -0.39 is 5.97 Å². The van der Waals surface area contributed by atoms with Gasteiger partial charge in [-0.1, -0.05) is 0 Å². The van der Waals surface area contributed by atoms with Gasteiger partial charge in [-0.3, -0.25) is 4.68 Å². The van der Waals surface area contributed by atoms with Crippen LogP contribution in [0.15, 0.2) is 6.20 Å². The summed E-state index contributed by atoms with van der Waals surface area (Å²) >= 11 is 0. The molecular weight excluding hydrogens is 170 g/mol. The van der Waals surface area contributed by atoms with Gasteiger partial charge in [-0.25, -0.2) is 4.79 Å². The first-order valence-corrected chi connectivity index (χ1v) is 4.22. The number of hydrogen-bond donors (Lipinski definition) is 2. The molecule has 1 aliphatic rings. The largest absolute Gasteiger partial charge is 0.478 e. The molecular formula is C8H11N3O2. The highest BCUT2D eigenvalue weighted by Gasteiger charge is 2.23. The van der Waals surface area contributed by atoms with Gasteiger partial charge in [0, 0.05) is 12.6 Å². The van der Waals surface area contributed by atoms with Gasteiger partial charge in [-0.15, -0.1) is 0 Å². The second-order valence-corrected chi connectivity index (χ2v) is 3.15. The second kappa shape index (κ2) is 2.85. The minimum Gasteiger partial charge on any atom is -0.478 e. The zero-order valence-electron chi connectivity index (χ0n) is 7.32. The average Bonchev–Trinajstić information content (AvgIpc) is 2.49. The fourth-order valence-corrected chi connectivity index (χ4v) is 1.68. The number of nitrogens with one attached hydrogen (secondary N) is 1. The second-order valence-electron chi connectivity index (χ2n) is 3.15. The summed E-state index contributed by atoms with van der Waals surface area (Å²) in [5.41, 5.74) is 1.08. The molecule has 13 heavy (non-hydrogen) atoms. The van der Waals surface area contributed by atoms with Crippen molar-refractivity contribution in [2.45, 2.75) is 19.5 Å². The first-order valence-electron chi connectivity index (χ1n) is 4.22. The third-order valence-electron chi connectivity index (χ3n) is 2.29. The van der Waals surface area contributed by atoms with Crippen molar-refractivity contribution in [1.29, 1.82) is 0 Å². The molecule has 2 heterocycles. The van der Waals surface area contributed by atoms with Gasteiger partial charge in [-0.05, 0) is 6.92 Å². The van der Waals surface area contributed by atoms with Crippen LogP contribution in [0.3, 0.4) is 0 Å². The van der Waals surface area contributed by atoms with Gasteiger partial charge in [0.05, 0.1) is 18.4 Å². The number of carbonyl (C=O) groups is 1. The summed E-state index contributed by atoms with van der Waals surface area (Å²) in [6.45, 7) is 3.53. The summed E-state index contributed by atoms with van der Waals surface area (Å²) in [6, 6.07) is 0.0716. The van der Waals surface area contributed by atoms with Crippen molar-refractivity contribution in [1.82, 2.24) is 15.1 Å². The normalized spacial score (nSPS) is 21.2. The molecule has 0 spiro atoms. The van der Waals surface area contributed by atoms with Gasteiger partial charge < -0.3 is 10.4 Å². The summed E-state index contributed by atoms with van der Waals surface area (Å²) in [5, 5.41) is 16.1. The van der Waals surface area contributed by atoms with E-state index in [4.69, 9.17) is 5.11 Å². The van der Waals surface area contributed by atoms with E-state index in [0.29, 0.717) is 5.56 Å². The summed E-state index contributed by atoms with van der Waals surface area (Å²) in [5.74, 6) is -0.906. The predicted octanol–water partition coefficient (Wildman–Crippen LogP) is 0.245. The minimum atomic E-state index is -0.906. The van der Waals surface area contributed by atoms with Crippen molar-refractivity contribution in [3.8, 4) is 0 Å². The molecule has 5 nitrogen and oxygen atoms in total. The van der Waals surface area contributed by atoms with Crippen LogP contribution in [0.25, 0.3) is 0 Å². The minimum absolute atomic E-state index is 0.0716. The lowest BCUT2D eigenvalue weighted by atomic mass is 10.1. The van der Waals surface area contributed by atoms with Crippen molar-refractivity contribution in [2.24, 2.45) is 0 Å². The van der Waals surface area contributed by atoms with E-state index in [0.717, 1.165) is 18.8 Å². The Morgan fingerprint density at radius 3 is 3.31 bits per heavy atom. The lowest BCUT2D eigenvalue weighted by molar-refractivity contribution is 0.0694.